The van der Waals surface area contributed by atoms with Crippen molar-refractivity contribution >= 4 is 12.1 Å². The monoisotopic (exact) mass is 353 g/mol. The third kappa shape index (κ3) is 5.77. The molecule has 1 atom stereocenters. The Morgan fingerprint density at radius 3 is 2.27 bits per heavy atom. The van der Waals surface area contributed by atoms with Crippen LogP contribution in [-0.4, -0.2) is 43.8 Å². The van der Waals surface area contributed by atoms with Crippen LogP contribution in [0.3, 0.4) is 0 Å². The highest BCUT2D eigenvalue weighted by Gasteiger charge is 2.19. The molecular weight excluding hydrogens is 330 g/mol. The molecule has 0 bridgehead atoms. The predicted molar refractivity (Wildman–Crippen MR) is 100.0 cm³/mol. The molecule has 0 unspecified atom stereocenters. The summed E-state index contributed by atoms with van der Waals surface area (Å²) >= 11 is 0. The topological polar surface area (TPSA) is 55.8 Å². The fraction of sp³-hybridized carbons (Fsp3) is 0.238. The molecule has 1 amide bonds. The number of benzene rings is 2. The first kappa shape index (κ1) is 19.2. The summed E-state index contributed by atoms with van der Waals surface area (Å²) in [6, 6.07) is 18.9. The van der Waals surface area contributed by atoms with Crippen LogP contribution in [0.25, 0.3) is 0 Å². The Hall–Kier alpha value is -3.08. The fourth-order valence-electron chi connectivity index (χ4n) is 2.51. The van der Waals surface area contributed by atoms with Gasteiger partial charge < -0.3 is 14.4 Å². The molecule has 136 valence electrons. The SMILES string of the molecule is COC(=O)OC/C=C/[C@H](Cc1ccccc1)N(C)C(=O)c1ccccc1. The lowest BCUT2D eigenvalue weighted by molar-refractivity contribution is 0.0751. The number of amides is 1. The van der Waals surface area contributed by atoms with E-state index < -0.39 is 6.16 Å². The Morgan fingerprint density at radius 2 is 1.65 bits per heavy atom. The lowest BCUT2D eigenvalue weighted by atomic mass is 10.0. The minimum atomic E-state index is -0.733. The molecule has 0 fully saturated rings. The molecule has 0 aromatic heterocycles. The summed E-state index contributed by atoms with van der Waals surface area (Å²) in [5.41, 5.74) is 1.75. The largest absolute Gasteiger partial charge is 0.508 e. The van der Waals surface area contributed by atoms with Gasteiger partial charge in [-0.25, -0.2) is 4.79 Å². The van der Waals surface area contributed by atoms with Crippen molar-refractivity contribution < 1.29 is 19.1 Å². The average molecular weight is 353 g/mol. The number of ether oxygens (including phenoxy) is 2. The zero-order valence-corrected chi connectivity index (χ0v) is 15.0. The summed E-state index contributed by atoms with van der Waals surface area (Å²) in [6.45, 7) is 0.0886. The first-order valence-corrected chi connectivity index (χ1v) is 8.35. The molecular formula is C21H23NO4. The van der Waals surface area contributed by atoms with Crippen LogP contribution in [0, 0.1) is 0 Å². The first-order valence-electron chi connectivity index (χ1n) is 8.35. The maximum atomic E-state index is 12.8. The van der Waals surface area contributed by atoms with Crippen LogP contribution in [0.5, 0.6) is 0 Å². The second-order valence-electron chi connectivity index (χ2n) is 5.73. The van der Waals surface area contributed by atoms with Crippen molar-refractivity contribution in [2.24, 2.45) is 0 Å². The predicted octanol–water partition coefficient (Wildman–Crippen LogP) is 3.71. The van der Waals surface area contributed by atoms with Crippen LogP contribution in [0.2, 0.25) is 0 Å². The van der Waals surface area contributed by atoms with Gasteiger partial charge in [0, 0.05) is 12.6 Å². The number of likely N-dealkylation sites (N-methyl/N-ethyl adjacent to an activating group) is 1. The zero-order chi connectivity index (χ0) is 18.8. The molecule has 5 nitrogen and oxygen atoms in total. The van der Waals surface area contributed by atoms with Gasteiger partial charge in [-0.1, -0.05) is 54.6 Å². The summed E-state index contributed by atoms with van der Waals surface area (Å²) < 4.78 is 9.30. The molecule has 0 radical (unpaired) electrons. The zero-order valence-electron chi connectivity index (χ0n) is 15.0. The third-order valence-corrected chi connectivity index (χ3v) is 3.95. The van der Waals surface area contributed by atoms with Crippen molar-refractivity contribution in [2.75, 3.05) is 20.8 Å². The van der Waals surface area contributed by atoms with E-state index in [2.05, 4.69) is 4.74 Å². The standard InChI is InChI=1S/C21H23NO4/c1-22(20(23)18-12-7-4-8-13-18)19(14-9-15-26-21(24)25-2)16-17-10-5-3-6-11-17/h3-14,19H,15-16H2,1-2H3/b14-9+/t19-/m1/s1. The van der Waals surface area contributed by atoms with Crippen LogP contribution < -0.4 is 0 Å². The fourth-order valence-corrected chi connectivity index (χ4v) is 2.51. The number of hydrogen-bond acceptors (Lipinski definition) is 4. The number of carbonyl (C=O) groups is 2. The van der Waals surface area contributed by atoms with Crippen LogP contribution >= 0.6 is 0 Å². The van der Waals surface area contributed by atoms with E-state index in [1.807, 2.05) is 54.6 Å². The molecule has 5 heteroatoms. The Balaban J connectivity index is 2.12. The molecule has 2 aromatic carbocycles. The highest BCUT2D eigenvalue weighted by atomic mass is 16.7. The summed E-state index contributed by atoms with van der Waals surface area (Å²) in [4.78, 5) is 25.5. The maximum absolute atomic E-state index is 12.8. The third-order valence-electron chi connectivity index (χ3n) is 3.95. The van der Waals surface area contributed by atoms with Gasteiger partial charge in [0.1, 0.15) is 6.61 Å². The highest BCUT2D eigenvalue weighted by molar-refractivity contribution is 5.94. The number of carbonyl (C=O) groups excluding carboxylic acids is 2. The molecule has 0 aliphatic carbocycles. The molecule has 0 aliphatic rings. The quantitative estimate of drug-likeness (QED) is 0.562. The second-order valence-corrected chi connectivity index (χ2v) is 5.73. The Morgan fingerprint density at radius 1 is 1.04 bits per heavy atom. The van der Waals surface area contributed by atoms with Crippen molar-refractivity contribution in [3.63, 3.8) is 0 Å². The van der Waals surface area contributed by atoms with E-state index in [1.165, 1.54) is 7.11 Å². The van der Waals surface area contributed by atoms with Gasteiger partial charge in [-0.05, 0) is 30.2 Å². The van der Waals surface area contributed by atoms with E-state index in [9.17, 15) is 9.59 Å². The summed E-state index contributed by atoms with van der Waals surface area (Å²) in [7, 11) is 3.03. The van der Waals surface area contributed by atoms with E-state index >= 15 is 0 Å². The van der Waals surface area contributed by atoms with Crippen LogP contribution in [0.4, 0.5) is 4.79 Å². The van der Waals surface area contributed by atoms with Gasteiger partial charge in [-0.3, -0.25) is 4.79 Å². The van der Waals surface area contributed by atoms with Gasteiger partial charge in [0.05, 0.1) is 13.2 Å². The van der Waals surface area contributed by atoms with Gasteiger partial charge in [0.15, 0.2) is 0 Å². The Labute approximate surface area is 153 Å². The van der Waals surface area contributed by atoms with Crippen molar-refractivity contribution in [1.29, 1.82) is 0 Å². The summed E-state index contributed by atoms with van der Waals surface area (Å²) in [5.74, 6) is -0.0648. The van der Waals surface area contributed by atoms with Gasteiger partial charge in [-0.2, -0.15) is 0 Å². The molecule has 0 spiro atoms. The highest BCUT2D eigenvalue weighted by Crippen LogP contribution is 2.13. The Kier molecular flexibility index (Phi) is 7.43. The number of nitrogens with zero attached hydrogens (tertiary/aromatic N) is 1. The van der Waals surface area contributed by atoms with E-state index in [-0.39, 0.29) is 18.6 Å². The van der Waals surface area contributed by atoms with E-state index in [1.54, 1.807) is 30.2 Å². The molecule has 0 saturated heterocycles. The lowest BCUT2D eigenvalue weighted by Crippen LogP contribution is -2.37. The molecule has 0 saturated carbocycles. The molecule has 2 rings (SSSR count). The van der Waals surface area contributed by atoms with Gasteiger partial charge in [0.2, 0.25) is 0 Å². The maximum Gasteiger partial charge on any atom is 0.508 e. The summed E-state index contributed by atoms with van der Waals surface area (Å²) in [6.07, 6.45) is 3.52. The normalized spacial score (nSPS) is 11.8. The van der Waals surface area contributed by atoms with Crippen LogP contribution in [0.1, 0.15) is 15.9 Å². The van der Waals surface area contributed by atoms with E-state index in [0.29, 0.717) is 12.0 Å². The van der Waals surface area contributed by atoms with Crippen molar-refractivity contribution in [2.45, 2.75) is 12.5 Å². The molecule has 0 N–H and O–H groups in total. The smallest absolute Gasteiger partial charge is 0.438 e. The number of rotatable bonds is 7. The summed E-state index contributed by atoms with van der Waals surface area (Å²) in [5, 5.41) is 0. The number of hydrogen-bond donors (Lipinski definition) is 0. The van der Waals surface area contributed by atoms with Crippen molar-refractivity contribution in [1.82, 2.24) is 4.90 Å². The second kappa shape index (κ2) is 10.0. The molecule has 0 heterocycles. The molecule has 26 heavy (non-hydrogen) atoms. The number of methoxy groups -OCH3 is 1. The van der Waals surface area contributed by atoms with Crippen molar-refractivity contribution in [3.05, 3.63) is 83.9 Å². The average Bonchev–Trinajstić information content (AvgIpc) is 2.70. The molecule has 2 aromatic rings. The van der Waals surface area contributed by atoms with Gasteiger partial charge in [-0.15, -0.1) is 0 Å². The minimum absolute atomic E-state index is 0.0648. The minimum Gasteiger partial charge on any atom is -0.438 e. The van der Waals surface area contributed by atoms with Crippen LogP contribution in [-0.2, 0) is 15.9 Å². The van der Waals surface area contributed by atoms with E-state index in [0.717, 1.165) is 5.56 Å². The first-order chi connectivity index (χ1) is 12.6. The Bertz CT molecular complexity index is 728. The van der Waals surface area contributed by atoms with Crippen molar-refractivity contribution in [3.8, 4) is 0 Å². The van der Waals surface area contributed by atoms with Gasteiger partial charge >= 0.3 is 6.16 Å². The van der Waals surface area contributed by atoms with Gasteiger partial charge in [0.25, 0.3) is 5.91 Å². The molecule has 0 aliphatic heterocycles. The van der Waals surface area contributed by atoms with Crippen LogP contribution in [0.15, 0.2) is 72.8 Å². The van der Waals surface area contributed by atoms with E-state index in [4.69, 9.17) is 4.74 Å². The lowest BCUT2D eigenvalue weighted by Gasteiger charge is -2.26.